The molecule has 2 aromatic carbocycles. The zero-order valence-electron chi connectivity index (χ0n) is 17.9. The number of carboxylic acids is 1. The van der Waals surface area contributed by atoms with Crippen LogP contribution in [0.2, 0.25) is 0 Å². The van der Waals surface area contributed by atoms with E-state index in [0.29, 0.717) is 0 Å². The molecule has 4 rings (SSSR count). The van der Waals surface area contributed by atoms with E-state index < -0.39 is 54.7 Å². The Morgan fingerprint density at radius 3 is 2.12 bits per heavy atom. The molecule has 0 radical (unpaired) electrons. The first-order valence-electron chi connectivity index (χ1n) is 10.6. The van der Waals surface area contributed by atoms with Crippen molar-refractivity contribution in [3.8, 4) is 11.1 Å². The number of carbonyl (C=O) groups is 3. The van der Waals surface area contributed by atoms with Gasteiger partial charge in [-0.3, -0.25) is 9.59 Å². The van der Waals surface area contributed by atoms with Crippen LogP contribution in [-0.4, -0.2) is 47.2 Å². The lowest BCUT2D eigenvalue weighted by molar-refractivity contribution is -0.148. The topological polar surface area (TPSA) is 105 Å². The molecule has 1 unspecified atom stereocenters. The van der Waals surface area contributed by atoms with E-state index in [1.54, 1.807) is 0 Å². The molecule has 0 aliphatic heterocycles. The van der Waals surface area contributed by atoms with Crippen molar-refractivity contribution in [2.24, 2.45) is 0 Å². The lowest BCUT2D eigenvalue weighted by Crippen LogP contribution is -2.63. The first-order valence-corrected chi connectivity index (χ1v) is 10.6. The minimum atomic E-state index is -2.87. The maximum Gasteiger partial charge on any atom is 0.407 e. The number of fused-ring (bicyclic) bond motifs is 3. The number of benzene rings is 2. The molecule has 33 heavy (non-hydrogen) atoms. The van der Waals surface area contributed by atoms with Crippen molar-refractivity contribution in [3.63, 3.8) is 0 Å². The summed E-state index contributed by atoms with van der Waals surface area (Å²) in [6.45, 7) is 1.44. The highest BCUT2D eigenvalue weighted by Gasteiger charge is 2.54. The maximum atomic E-state index is 13.2. The molecule has 1 atom stereocenters. The van der Waals surface area contributed by atoms with Crippen LogP contribution in [0.1, 0.15) is 43.2 Å². The number of nitrogens with one attached hydrogen (secondary N) is 2. The van der Waals surface area contributed by atoms with E-state index in [-0.39, 0.29) is 12.5 Å². The standard InChI is InChI=1S/C24H24F2N2O5/c1-23(12-24(25,26)13-23)28-21(31)19(10-20(29)30)27-22(32)33-11-18-16-8-4-2-6-14(16)15-7-3-5-9-17(15)18/h2-9,18-19H,10-13H2,1H3,(H,27,32)(H,28,31)(H,29,30). The second kappa shape index (κ2) is 8.46. The lowest BCUT2D eigenvalue weighted by atomic mass is 9.75. The predicted octanol–water partition coefficient (Wildman–Crippen LogP) is 3.67. The van der Waals surface area contributed by atoms with E-state index in [0.717, 1.165) is 22.3 Å². The number of amides is 2. The normalized spacial score (nSPS) is 18.3. The summed E-state index contributed by atoms with van der Waals surface area (Å²) in [6.07, 6.45) is -2.75. The first kappa shape index (κ1) is 22.7. The second-order valence-corrected chi connectivity index (χ2v) is 8.88. The summed E-state index contributed by atoms with van der Waals surface area (Å²) < 4.78 is 31.8. The quantitative estimate of drug-likeness (QED) is 0.587. The minimum Gasteiger partial charge on any atom is -0.481 e. The fourth-order valence-electron chi connectivity index (χ4n) is 4.73. The first-order chi connectivity index (χ1) is 15.6. The number of ether oxygens (including phenoxy) is 1. The van der Waals surface area contributed by atoms with Gasteiger partial charge in [0, 0.05) is 24.3 Å². The number of alkyl halides is 2. The number of hydrogen-bond donors (Lipinski definition) is 3. The van der Waals surface area contributed by atoms with Gasteiger partial charge in [-0.25, -0.2) is 13.6 Å². The maximum absolute atomic E-state index is 13.2. The van der Waals surface area contributed by atoms with Gasteiger partial charge in [-0.1, -0.05) is 48.5 Å². The average molecular weight is 458 g/mol. The molecule has 0 spiro atoms. The van der Waals surface area contributed by atoms with Gasteiger partial charge in [0.15, 0.2) is 0 Å². The Hall–Kier alpha value is -3.49. The number of hydrogen-bond acceptors (Lipinski definition) is 4. The Labute approximate surface area is 189 Å². The Balaban J connectivity index is 1.40. The van der Waals surface area contributed by atoms with Crippen LogP contribution in [0.4, 0.5) is 13.6 Å². The SMILES string of the molecule is CC1(NC(=O)C(CC(=O)O)NC(=O)OCC2c3ccccc3-c3ccccc32)CC(F)(F)C1. The van der Waals surface area contributed by atoms with Crippen LogP contribution in [-0.2, 0) is 14.3 Å². The molecule has 7 nitrogen and oxygen atoms in total. The van der Waals surface area contributed by atoms with Crippen molar-refractivity contribution in [2.45, 2.75) is 49.6 Å². The van der Waals surface area contributed by atoms with Crippen LogP contribution in [0.25, 0.3) is 11.1 Å². The number of carbonyl (C=O) groups excluding carboxylic acids is 2. The summed E-state index contributed by atoms with van der Waals surface area (Å²) in [6, 6.07) is 14.1. The molecule has 2 amide bonds. The van der Waals surface area contributed by atoms with Gasteiger partial charge in [-0.2, -0.15) is 0 Å². The van der Waals surface area contributed by atoms with Crippen LogP contribution >= 0.6 is 0 Å². The molecule has 9 heteroatoms. The van der Waals surface area contributed by atoms with Gasteiger partial charge < -0.3 is 20.5 Å². The van der Waals surface area contributed by atoms with Crippen molar-refractivity contribution in [2.75, 3.05) is 6.61 Å². The Morgan fingerprint density at radius 2 is 1.61 bits per heavy atom. The van der Waals surface area contributed by atoms with Crippen LogP contribution in [0.3, 0.4) is 0 Å². The van der Waals surface area contributed by atoms with Crippen molar-refractivity contribution in [3.05, 3.63) is 59.7 Å². The van der Waals surface area contributed by atoms with E-state index in [4.69, 9.17) is 9.84 Å². The molecule has 2 aromatic rings. The molecule has 0 aromatic heterocycles. The highest BCUT2D eigenvalue weighted by Crippen LogP contribution is 2.45. The highest BCUT2D eigenvalue weighted by molar-refractivity contribution is 5.89. The molecule has 1 saturated carbocycles. The van der Waals surface area contributed by atoms with Gasteiger partial charge in [-0.15, -0.1) is 0 Å². The van der Waals surface area contributed by atoms with Gasteiger partial charge in [-0.05, 0) is 29.2 Å². The zero-order chi connectivity index (χ0) is 23.8. The molecule has 2 aliphatic carbocycles. The number of aliphatic carboxylic acids is 1. The fraction of sp³-hybridized carbons (Fsp3) is 0.375. The van der Waals surface area contributed by atoms with Crippen molar-refractivity contribution >= 4 is 18.0 Å². The van der Waals surface area contributed by atoms with Gasteiger partial charge in [0.1, 0.15) is 12.6 Å². The van der Waals surface area contributed by atoms with Gasteiger partial charge >= 0.3 is 12.1 Å². The monoisotopic (exact) mass is 458 g/mol. The van der Waals surface area contributed by atoms with Crippen LogP contribution in [0.15, 0.2) is 48.5 Å². The summed E-state index contributed by atoms with van der Waals surface area (Å²) in [5.74, 6) is -5.24. The molecular formula is C24H24F2N2O5. The van der Waals surface area contributed by atoms with Crippen LogP contribution < -0.4 is 10.6 Å². The third kappa shape index (κ3) is 4.81. The Bertz CT molecular complexity index is 1050. The number of carboxylic acid groups (broad SMARTS) is 1. The summed E-state index contributed by atoms with van der Waals surface area (Å²) >= 11 is 0. The smallest absolute Gasteiger partial charge is 0.407 e. The number of rotatable bonds is 7. The van der Waals surface area contributed by atoms with E-state index >= 15 is 0 Å². The molecular weight excluding hydrogens is 434 g/mol. The fourth-order valence-corrected chi connectivity index (χ4v) is 4.73. The van der Waals surface area contributed by atoms with Crippen molar-refractivity contribution < 1.29 is 33.0 Å². The highest BCUT2D eigenvalue weighted by atomic mass is 19.3. The molecule has 3 N–H and O–H groups in total. The molecule has 0 heterocycles. The third-order valence-corrected chi connectivity index (χ3v) is 6.05. The number of halogens is 2. The van der Waals surface area contributed by atoms with Crippen molar-refractivity contribution in [1.82, 2.24) is 10.6 Å². The van der Waals surface area contributed by atoms with Crippen molar-refractivity contribution in [1.29, 1.82) is 0 Å². The summed E-state index contributed by atoms with van der Waals surface area (Å²) in [7, 11) is 0. The van der Waals surface area contributed by atoms with Gasteiger partial charge in [0.05, 0.1) is 6.42 Å². The largest absolute Gasteiger partial charge is 0.481 e. The molecule has 0 saturated heterocycles. The lowest BCUT2D eigenvalue weighted by Gasteiger charge is -2.45. The van der Waals surface area contributed by atoms with E-state index in [2.05, 4.69) is 10.6 Å². The van der Waals surface area contributed by atoms with E-state index in [1.165, 1.54) is 6.92 Å². The molecule has 2 aliphatic rings. The number of alkyl carbamates (subject to hydrolysis) is 1. The second-order valence-electron chi connectivity index (χ2n) is 8.88. The Kier molecular flexibility index (Phi) is 5.82. The average Bonchev–Trinajstić information content (AvgIpc) is 3.03. The van der Waals surface area contributed by atoms with Crippen LogP contribution in [0.5, 0.6) is 0 Å². The van der Waals surface area contributed by atoms with E-state index in [1.807, 2.05) is 48.5 Å². The zero-order valence-corrected chi connectivity index (χ0v) is 17.9. The third-order valence-electron chi connectivity index (χ3n) is 6.05. The predicted molar refractivity (Wildman–Crippen MR) is 115 cm³/mol. The van der Waals surface area contributed by atoms with Gasteiger partial charge in [0.25, 0.3) is 5.92 Å². The van der Waals surface area contributed by atoms with Gasteiger partial charge in [0.2, 0.25) is 5.91 Å². The summed E-state index contributed by atoms with van der Waals surface area (Å²) in [5.41, 5.74) is 2.96. The molecule has 174 valence electrons. The molecule has 0 bridgehead atoms. The Morgan fingerprint density at radius 1 is 1.06 bits per heavy atom. The molecule has 1 fully saturated rings. The minimum absolute atomic E-state index is 0.00872. The summed E-state index contributed by atoms with van der Waals surface area (Å²) in [4.78, 5) is 36.2. The van der Waals surface area contributed by atoms with Crippen LogP contribution in [0, 0.1) is 0 Å². The summed E-state index contributed by atoms with van der Waals surface area (Å²) in [5, 5.41) is 13.8. The van der Waals surface area contributed by atoms with E-state index in [9.17, 15) is 23.2 Å².